The molecule has 0 amide bonds. The summed E-state index contributed by atoms with van der Waals surface area (Å²) in [4.78, 5) is 15.7. The van der Waals surface area contributed by atoms with E-state index in [2.05, 4.69) is 4.98 Å². The first-order valence-electron chi connectivity index (χ1n) is 11.8. The average Bonchev–Trinajstić information content (AvgIpc) is 3.43. The van der Waals surface area contributed by atoms with Crippen molar-refractivity contribution in [1.82, 2.24) is 14.8 Å². The second-order valence-corrected chi connectivity index (χ2v) is 10.7. The molecule has 0 bridgehead atoms. The van der Waals surface area contributed by atoms with Crippen LogP contribution in [0.25, 0.3) is 16.4 Å². The van der Waals surface area contributed by atoms with Crippen molar-refractivity contribution in [3.8, 4) is 16.4 Å². The summed E-state index contributed by atoms with van der Waals surface area (Å²) >= 11 is 7.31. The molecule has 7 nitrogen and oxygen atoms in total. The summed E-state index contributed by atoms with van der Waals surface area (Å²) in [6.07, 6.45) is 3.31. The van der Waals surface area contributed by atoms with Crippen LogP contribution < -0.4 is 5.14 Å². The maximum absolute atomic E-state index is 14.6. The zero-order chi connectivity index (χ0) is 26.7. The molecule has 11 heteroatoms. The van der Waals surface area contributed by atoms with E-state index in [0.717, 1.165) is 36.1 Å². The minimum atomic E-state index is -1.92. The number of hydrogen-bond acceptors (Lipinski definition) is 5. The average molecular weight is 561 g/mol. The Balaban J connectivity index is 0.00000156. The zero-order valence-electron chi connectivity index (χ0n) is 20.3. The second kappa shape index (κ2) is 11.6. The van der Waals surface area contributed by atoms with Gasteiger partial charge in [0.2, 0.25) is 5.13 Å². The van der Waals surface area contributed by atoms with Gasteiger partial charge in [-0.1, -0.05) is 43.6 Å². The highest BCUT2D eigenvalue weighted by molar-refractivity contribution is 7.82. The summed E-state index contributed by atoms with van der Waals surface area (Å²) in [6, 6.07) is 11.8. The Bertz CT molecular complexity index is 1450. The third kappa shape index (κ3) is 6.15. The van der Waals surface area contributed by atoms with Gasteiger partial charge >= 0.3 is 5.97 Å². The zero-order valence-corrected chi connectivity index (χ0v) is 22.7. The lowest BCUT2D eigenvalue weighted by molar-refractivity contribution is 0.0691. The number of halogens is 2. The first-order chi connectivity index (χ1) is 17.8. The number of thiazole rings is 1. The molecule has 1 fully saturated rings. The van der Waals surface area contributed by atoms with Gasteiger partial charge in [0.25, 0.3) is 0 Å². The molecule has 0 radical (unpaired) electrons. The van der Waals surface area contributed by atoms with Gasteiger partial charge < -0.3 is 5.11 Å². The van der Waals surface area contributed by atoms with E-state index in [4.69, 9.17) is 21.8 Å². The molecule has 2 aromatic heterocycles. The Kier molecular flexibility index (Phi) is 8.53. The van der Waals surface area contributed by atoms with Gasteiger partial charge in [0.05, 0.1) is 16.3 Å². The Hall–Kier alpha value is -2.92. The standard InChI is InChI=1S/C24H20ClFN4O3S2.C2H6/c25-16-6-4-15(5-7-16)22-17(9-14-3-8-21(35(27)33)18(26)10-14)20(11-13-1-2-13)30(29-22)24-28-19(12-34-24)23(31)32;1-2/h3-8,10,12-13H,1-2,9,11,27H2,(H,31,32);1-2H3. The smallest absolute Gasteiger partial charge is 0.355 e. The highest BCUT2D eigenvalue weighted by Crippen LogP contribution is 2.38. The van der Waals surface area contributed by atoms with Gasteiger partial charge in [-0.25, -0.2) is 28.2 Å². The van der Waals surface area contributed by atoms with E-state index in [9.17, 15) is 18.5 Å². The van der Waals surface area contributed by atoms with E-state index in [1.807, 2.05) is 26.0 Å². The number of aromatic nitrogens is 3. The molecule has 0 aliphatic heterocycles. The van der Waals surface area contributed by atoms with Crippen molar-refractivity contribution in [2.45, 2.75) is 44.4 Å². The van der Waals surface area contributed by atoms with Crippen molar-refractivity contribution in [2.24, 2.45) is 11.1 Å². The fraction of sp³-hybridized carbons (Fsp3) is 0.269. The van der Waals surface area contributed by atoms with Crippen LogP contribution in [0.4, 0.5) is 4.39 Å². The summed E-state index contributed by atoms with van der Waals surface area (Å²) < 4.78 is 27.9. The van der Waals surface area contributed by atoms with Crippen LogP contribution in [0.3, 0.4) is 0 Å². The van der Waals surface area contributed by atoms with Crippen molar-refractivity contribution in [2.75, 3.05) is 0 Å². The van der Waals surface area contributed by atoms with E-state index in [-0.39, 0.29) is 10.6 Å². The van der Waals surface area contributed by atoms with Gasteiger partial charge in [-0.3, -0.25) is 0 Å². The molecule has 1 saturated carbocycles. The number of carboxylic acids is 1. The Morgan fingerprint density at radius 3 is 2.51 bits per heavy atom. The van der Waals surface area contributed by atoms with E-state index in [1.54, 1.807) is 22.9 Å². The lowest BCUT2D eigenvalue weighted by atomic mass is 9.97. The highest BCUT2D eigenvalue weighted by Gasteiger charge is 2.29. The van der Waals surface area contributed by atoms with Gasteiger partial charge in [0.1, 0.15) is 16.8 Å². The van der Waals surface area contributed by atoms with Crippen LogP contribution in [-0.2, 0) is 23.8 Å². The van der Waals surface area contributed by atoms with Gasteiger partial charge in [0.15, 0.2) is 5.69 Å². The van der Waals surface area contributed by atoms with Crippen LogP contribution in [-0.4, -0.2) is 30.0 Å². The number of benzene rings is 2. The van der Waals surface area contributed by atoms with Crippen LogP contribution in [0, 0.1) is 11.7 Å². The summed E-state index contributed by atoms with van der Waals surface area (Å²) in [7, 11) is -1.92. The van der Waals surface area contributed by atoms with E-state index in [0.29, 0.717) is 33.8 Å². The molecule has 1 aliphatic carbocycles. The molecule has 1 unspecified atom stereocenters. The van der Waals surface area contributed by atoms with Crippen LogP contribution in [0.2, 0.25) is 5.02 Å². The minimum absolute atomic E-state index is 0.0418. The van der Waals surface area contributed by atoms with Gasteiger partial charge in [0, 0.05) is 28.0 Å². The number of nitrogens with zero attached hydrogens (tertiary/aromatic N) is 3. The molecule has 3 N–H and O–H groups in total. The maximum Gasteiger partial charge on any atom is 0.355 e. The van der Waals surface area contributed by atoms with Crippen molar-refractivity contribution in [3.05, 3.63) is 81.2 Å². The minimum Gasteiger partial charge on any atom is -0.476 e. The lowest BCUT2D eigenvalue weighted by Crippen LogP contribution is -2.07. The van der Waals surface area contributed by atoms with E-state index < -0.39 is 22.8 Å². The molecule has 4 aromatic rings. The van der Waals surface area contributed by atoms with Gasteiger partial charge in [-0.2, -0.15) is 5.10 Å². The van der Waals surface area contributed by atoms with Crippen LogP contribution in [0.1, 0.15) is 54.0 Å². The van der Waals surface area contributed by atoms with Crippen molar-refractivity contribution >= 4 is 39.9 Å². The number of rotatable bonds is 8. The van der Waals surface area contributed by atoms with Crippen molar-refractivity contribution in [1.29, 1.82) is 0 Å². The molecule has 1 atom stereocenters. The Labute approximate surface area is 225 Å². The molecule has 194 valence electrons. The lowest BCUT2D eigenvalue weighted by Gasteiger charge is -2.09. The largest absolute Gasteiger partial charge is 0.476 e. The summed E-state index contributed by atoms with van der Waals surface area (Å²) in [6.45, 7) is 4.00. The van der Waals surface area contributed by atoms with Crippen LogP contribution in [0.15, 0.2) is 52.7 Å². The highest BCUT2D eigenvalue weighted by atomic mass is 35.5. The Morgan fingerprint density at radius 1 is 1.24 bits per heavy atom. The molecular weight excluding hydrogens is 535 g/mol. The van der Waals surface area contributed by atoms with Gasteiger partial charge in [-0.05, 0) is 55.0 Å². The topological polar surface area (TPSA) is 111 Å². The van der Waals surface area contributed by atoms with E-state index in [1.165, 1.54) is 28.8 Å². The molecule has 0 saturated heterocycles. The molecule has 1 aliphatic rings. The number of nitrogens with two attached hydrogens (primary N) is 1. The third-order valence-corrected chi connectivity index (χ3v) is 7.71. The Morgan fingerprint density at radius 2 is 1.95 bits per heavy atom. The molecular formula is C26H26ClFN4O3S2. The van der Waals surface area contributed by atoms with Crippen molar-refractivity contribution < 1.29 is 18.5 Å². The summed E-state index contributed by atoms with van der Waals surface area (Å²) in [5.74, 6) is -1.23. The molecule has 2 aromatic carbocycles. The first kappa shape index (κ1) is 27.1. The second-order valence-electron chi connectivity index (χ2n) is 8.40. The summed E-state index contributed by atoms with van der Waals surface area (Å²) in [5.41, 5.74) is 3.96. The van der Waals surface area contributed by atoms with Crippen molar-refractivity contribution in [3.63, 3.8) is 0 Å². The molecule has 0 spiro atoms. The van der Waals surface area contributed by atoms with Crippen LogP contribution >= 0.6 is 22.9 Å². The first-order valence-corrected chi connectivity index (χ1v) is 14.3. The fourth-order valence-corrected chi connectivity index (χ4v) is 5.31. The molecule has 2 heterocycles. The maximum atomic E-state index is 14.6. The third-order valence-electron chi connectivity index (χ3n) is 5.87. The number of carboxylic acid groups (broad SMARTS) is 1. The number of hydrogen-bond donors (Lipinski definition) is 2. The summed E-state index contributed by atoms with van der Waals surface area (Å²) in [5, 5.41) is 22.1. The van der Waals surface area contributed by atoms with E-state index >= 15 is 0 Å². The molecule has 5 rings (SSSR count). The quantitative estimate of drug-likeness (QED) is 0.273. The fourth-order valence-electron chi connectivity index (χ4n) is 3.96. The predicted octanol–water partition coefficient (Wildman–Crippen LogP) is 6.04. The monoisotopic (exact) mass is 560 g/mol. The van der Waals surface area contributed by atoms with Crippen LogP contribution in [0.5, 0.6) is 0 Å². The predicted molar refractivity (Wildman–Crippen MR) is 144 cm³/mol. The normalized spacial score (nSPS) is 13.6. The number of carbonyl (C=O) groups is 1. The SMILES string of the molecule is CC.NS(=O)c1ccc(Cc2c(-c3ccc(Cl)cc3)nn(-c3nc(C(=O)O)cs3)c2CC2CC2)cc1F. The molecule has 37 heavy (non-hydrogen) atoms. The number of aromatic carboxylic acids is 1. The van der Waals surface area contributed by atoms with Gasteiger partial charge in [-0.15, -0.1) is 11.3 Å².